The van der Waals surface area contributed by atoms with Crippen LogP contribution in [0.1, 0.15) is 213 Å². The standard InChI is InChI=1S/C62H101O11P/c1-4-7-10-13-16-19-22-25-27-28-29-30-32-35-38-41-44-47-50-53-62(66)73-59(55-69-60(64)51-48-45-42-39-36-33-24-21-18-15-12-9-6-3)57-71-74(67,68)70-56-58(54-63)72-61(65)52-49-46-43-40-37-34-31-26-23-20-17-14-11-8-5-2/h8-9,11-12,16-21,25-27,31,33,36-37,40,46,49,58-59,63H,4-7,10,13-15,22-24,28-30,32,34-35,38-39,41-45,47-48,50-57H2,1-3H3,(H,67,68)/b11-8-,12-9-,19-16-,20-17-,21-18-,27-25-,31-26-,36-33-,40-37-,49-46-. The number of carbonyl (C=O) groups excluding carboxylic acids is 3. The van der Waals surface area contributed by atoms with Crippen molar-refractivity contribution in [3.8, 4) is 0 Å². The number of hydrogen-bond donors (Lipinski definition) is 2. The van der Waals surface area contributed by atoms with Crippen LogP contribution in [0, 0.1) is 0 Å². The number of hydrogen-bond acceptors (Lipinski definition) is 10. The molecule has 0 bridgehead atoms. The van der Waals surface area contributed by atoms with E-state index in [9.17, 15) is 28.9 Å². The first-order valence-electron chi connectivity index (χ1n) is 28.4. The minimum absolute atomic E-state index is 0.0627. The highest BCUT2D eigenvalue weighted by atomic mass is 31.2. The lowest BCUT2D eigenvalue weighted by atomic mass is 10.1. The van der Waals surface area contributed by atoms with Crippen molar-refractivity contribution in [2.24, 2.45) is 0 Å². The van der Waals surface area contributed by atoms with E-state index < -0.39 is 57.8 Å². The van der Waals surface area contributed by atoms with Crippen LogP contribution in [0.25, 0.3) is 0 Å². The van der Waals surface area contributed by atoms with E-state index in [1.165, 1.54) is 51.4 Å². The SMILES string of the molecule is CC/C=C\C/C=C\C/C=C\C/C=C\C/C=C\CC(=O)OC(CO)COP(=O)(O)OCC(COC(=O)CCCCC/C=C\C/C=C\C/C=C\CC)OC(=O)CCCCCCCCCCC/C=C\C/C=C\CCCCC. The van der Waals surface area contributed by atoms with Gasteiger partial charge in [-0.3, -0.25) is 23.4 Å². The molecule has 0 aliphatic heterocycles. The number of rotatable bonds is 51. The Balaban J connectivity index is 4.84. The van der Waals surface area contributed by atoms with Gasteiger partial charge >= 0.3 is 25.7 Å². The third-order valence-electron chi connectivity index (χ3n) is 11.4. The molecule has 0 spiro atoms. The molecule has 12 heteroatoms. The van der Waals surface area contributed by atoms with Gasteiger partial charge in [-0.25, -0.2) is 4.57 Å². The van der Waals surface area contributed by atoms with E-state index in [-0.39, 0.29) is 25.9 Å². The Morgan fingerprint density at radius 2 is 0.757 bits per heavy atom. The van der Waals surface area contributed by atoms with Crippen molar-refractivity contribution in [1.29, 1.82) is 0 Å². The Morgan fingerprint density at radius 1 is 0.405 bits per heavy atom. The molecule has 3 atom stereocenters. The first-order valence-corrected chi connectivity index (χ1v) is 29.9. The summed E-state index contributed by atoms with van der Waals surface area (Å²) in [5.41, 5.74) is 0. The molecule has 0 aromatic carbocycles. The molecule has 0 saturated carbocycles. The Labute approximate surface area is 449 Å². The molecule has 0 radical (unpaired) electrons. The molecule has 74 heavy (non-hydrogen) atoms. The van der Waals surface area contributed by atoms with Crippen LogP contribution in [0.5, 0.6) is 0 Å². The number of unbranched alkanes of at least 4 members (excludes halogenated alkanes) is 15. The van der Waals surface area contributed by atoms with E-state index in [4.69, 9.17) is 23.3 Å². The van der Waals surface area contributed by atoms with Gasteiger partial charge in [-0.1, -0.05) is 206 Å². The average Bonchev–Trinajstić information content (AvgIpc) is 3.39. The lowest BCUT2D eigenvalue weighted by molar-refractivity contribution is -0.161. The van der Waals surface area contributed by atoms with Crippen molar-refractivity contribution in [2.75, 3.05) is 26.4 Å². The average molecular weight is 1050 g/mol. The summed E-state index contributed by atoms with van der Waals surface area (Å²) < 4.78 is 39.3. The van der Waals surface area contributed by atoms with E-state index in [1.807, 2.05) is 18.2 Å². The first-order chi connectivity index (χ1) is 36.2. The molecule has 0 aromatic rings. The van der Waals surface area contributed by atoms with Crippen LogP contribution in [-0.4, -0.2) is 66.5 Å². The molecule has 2 N–H and O–H groups in total. The normalized spacial score (nSPS) is 14.3. The maximum Gasteiger partial charge on any atom is 0.472 e. The second kappa shape index (κ2) is 55.1. The topological polar surface area (TPSA) is 155 Å². The summed E-state index contributed by atoms with van der Waals surface area (Å²) in [6.45, 7) is 4.23. The molecule has 0 aliphatic rings. The molecule has 0 aromatic heterocycles. The fourth-order valence-corrected chi connectivity index (χ4v) is 7.91. The quantitative estimate of drug-likeness (QED) is 0.0197. The molecule has 420 valence electrons. The molecule has 0 rings (SSSR count). The van der Waals surface area contributed by atoms with Crippen LogP contribution in [0.4, 0.5) is 0 Å². The minimum Gasteiger partial charge on any atom is -0.462 e. The minimum atomic E-state index is -4.79. The Morgan fingerprint density at radius 3 is 1.20 bits per heavy atom. The molecule has 0 heterocycles. The third-order valence-corrected chi connectivity index (χ3v) is 12.3. The van der Waals surface area contributed by atoms with Gasteiger partial charge in [0.2, 0.25) is 0 Å². The van der Waals surface area contributed by atoms with Gasteiger partial charge < -0.3 is 24.2 Å². The van der Waals surface area contributed by atoms with E-state index in [0.29, 0.717) is 19.3 Å². The van der Waals surface area contributed by atoms with Gasteiger partial charge in [0.1, 0.15) is 12.7 Å². The van der Waals surface area contributed by atoms with Crippen LogP contribution in [-0.2, 0) is 42.2 Å². The van der Waals surface area contributed by atoms with E-state index >= 15 is 0 Å². The summed E-state index contributed by atoms with van der Waals surface area (Å²) >= 11 is 0. The van der Waals surface area contributed by atoms with Crippen molar-refractivity contribution in [2.45, 2.75) is 226 Å². The number of ether oxygens (including phenoxy) is 3. The molecular formula is C62H101O11P. The lowest BCUT2D eigenvalue weighted by Crippen LogP contribution is -2.30. The number of allylic oxidation sites excluding steroid dienone is 19. The molecule has 0 saturated heterocycles. The van der Waals surface area contributed by atoms with Gasteiger partial charge in [-0.15, -0.1) is 0 Å². The third kappa shape index (κ3) is 52.7. The van der Waals surface area contributed by atoms with Crippen LogP contribution < -0.4 is 0 Å². The van der Waals surface area contributed by atoms with Gasteiger partial charge in [-0.2, -0.15) is 0 Å². The molecule has 3 unspecified atom stereocenters. The zero-order valence-electron chi connectivity index (χ0n) is 46.3. The maximum atomic E-state index is 12.9. The molecule has 0 amide bonds. The summed E-state index contributed by atoms with van der Waals surface area (Å²) in [6.07, 6.45) is 67.6. The van der Waals surface area contributed by atoms with Crippen LogP contribution in [0.15, 0.2) is 122 Å². The van der Waals surface area contributed by atoms with Crippen molar-refractivity contribution in [3.63, 3.8) is 0 Å². The maximum absolute atomic E-state index is 12.9. The monoisotopic (exact) mass is 1050 g/mol. The number of phosphoric acid groups is 1. The predicted octanol–water partition coefficient (Wildman–Crippen LogP) is 16.8. The van der Waals surface area contributed by atoms with Crippen molar-refractivity contribution >= 4 is 25.7 Å². The van der Waals surface area contributed by atoms with Gasteiger partial charge in [-0.05, 0) is 109 Å². The van der Waals surface area contributed by atoms with E-state index in [2.05, 4.69) is 118 Å². The Bertz CT molecular complexity index is 1700. The summed E-state index contributed by atoms with van der Waals surface area (Å²) in [5, 5.41) is 9.79. The summed E-state index contributed by atoms with van der Waals surface area (Å²) in [4.78, 5) is 48.4. The van der Waals surface area contributed by atoms with Crippen LogP contribution in [0.3, 0.4) is 0 Å². The van der Waals surface area contributed by atoms with Crippen LogP contribution in [0.2, 0.25) is 0 Å². The number of aliphatic hydroxyl groups is 1. The number of phosphoric ester groups is 1. The molecular weight excluding hydrogens is 952 g/mol. The van der Waals surface area contributed by atoms with Crippen molar-refractivity contribution in [3.05, 3.63) is 122 Å². The number of esters is 3. The fraction of sp³-hybridized carbons (Fsp3) is 0.629. The molecule has 0 aliphatic carbocycles. The van der Waals surface area contributed by atoms with Gasteiger partial charge in [0.25, 0.3) is 0 Å². The zero-order valence-corrected chi connectivity index (χ0v) is 47.2. The fourth-order valence-electron chi connectivity index (χ4n) is 7.12. The summed E-state index contributed by atoms with van der Waals surface area (Å²) in [7, 11) is -4.79. The van der Waals surface area contributed by atoms with Gasteiger partial charge in [0.15, 0.2) is 6.10 Å². The Kier molecular flexibility index (Phi) is 52.1. The highest BCUT2D eigenvalue weighted by molar-refractivity contribution is 7.47. The molecule has 11 nitrogen and oxygen atoms in total. The predicted molar refractivity (Wildman–Crippen MR) is 306 cm³/mol. The molecule has 0 fully saturated rings. The van der Waals surface area contributed by atoms with Gasteiger partial charge in [0.05, 0.1) is 26.2 Å². The summed E-state index contributed by atoms with van der Waals surface area (Å²) in [6, 6.07) is 0. The highest BCUT2D eigenvalue weighted by Crippen LogP contribution is 2.43. The number of carbonyl (C=O) groups is 3. The second-order valence-corrected chi connectivity index (χ2v) is 19.8. The zero-order chi connectivity index (χ0) is 54.1. The van der Waals surface area contributed by atoms with E-state index in [0.717, 1.165) is 103 Å². The summed E-state index contributed by atoms with van der Waals surface area (Å²) in [5.74, 6) is -1.65. The van der Waals surface area contributed by atoms with E-state index in [1.54, 1.807) is 6.08 Å². The smallest absolute Gasteiger partial charge is 0.462 e. The lowest BCUT2D eigenvalue weighted by Gasteiger charge is -2.21. The largest absolute Gasteiger partial charge is 0.472 e. The second-order valence-electron chi connectivity index (χ2n) is 18.3. The van der Waals surface area contributed by atoms with Crippen LogP contribution >= 0.6 is 7.82 Å². The van der Waals surface area contributed by atoms with Crippen molar-refractivity contribution < 1.29 is 52.2 Å². The highest BCUT2D eigenvalue weighted by Gasteiger charge is 2.28. The number of aliphatic hydroxyl groups excluding tert-OH is 1. The van der Waals surface area contributed by atoms with Gasteiger partial charge in [0, 0.05) is 12.8 Å². The first kappa shape index (κ1) is 69.9. The van der Waals surface area contributed by atoms with Crippen molar-refractivity contribution in [1.82, 2.24) is 0 Å². The Hall–Kier alpha value is -4.12.